The van der Waals surface area contributed by atoms with Gasteiger partial charge in [-0.2, -0.15) is 0 Å². The van der Waals surface area contributed by atoms with Gasteiger partial charge in [0.1, 0.15) is 0 Å². The second-order valence-electron chi connectivity index (χ2n) is 4.21. The van der Waals surface area contributed by atoms with E-state index in [-0.39, 0.29) is 19.1 Å². The molecule has 0 aliphatic rings. The van der Waals surface area contributed by atoms with Crippen molar-refractivity contribution < 1.29 is 9.90 Å². The fourth-order valence-corrected chi connectivity index (χ4v) is 1.61. The van der Waals surface area contributed by atoms with Gasteiger partial charge in [-0.3, -0.25) is 10.1 Å². The largest absolute Gasteiger partial charge is 0.394 e. The number of terminal acetylenes is 1. The number of carbonyl (C=O) groups excluding carboxylic acids is 1. The molecule has 1 aromatic carbocycles. The monoisotopic (exact) mass is 246 g/mol. The van der Waals surface area contributed by atoms with Crippen molar-refractivity contribution in [1.82, 2.24) is 10.6 Å². The summed E-state index contributed by atoms with van der Waals surface area (Å²) in [7, 11) is 0. The van der Waals surface area contributed by atoms with E-state index in [1.54, 1.807) is 6.92 Å². The van der Waals surface area contributed by atoms with E-state index in [0.717, 1.165) is 5.56 Å². The third-order valence-electron chi connectivity index (χ3n) is 2.66. The molecule has 4 nitrogen and oxygen atoms in total. The summed E-state index contributed by atoms with van der Waals surface area (Å²) in [6.45, 7) is 2.08. The van der Waals surface area contributed by atoms with Crippen LogP contribution in [0.15, 0.2) is 30.3 Å². The third-order valence-corrected chi connectivity index (χ3v) is 2.66. The fraction of sp³-hybridized carbons (Fsp3) is 0.357. The molecule has 0 radical (unpaired) electrons. The quantitative estimate of drug-likeness (QED) is 0.497. The molecule has 18 heavy (non-hydrogen) atoms. The molecule has 0 aliphatic carbocycles. The van der Waals surface area contributed by atoms with Gasteiger partial charge in [0.15, 0.2) is 0 Å². The molecule has 0 aromatic heterocycles. The number of hydrogen-bond acceptors (Lipinski definition) is 3. The number of aliphatic hydroxyl groups excluding tert-OH is 1. The summed E-state index contributed by atoms with van der Waals surface area (Å²) in [6.07, 6.45) is 5.08. The number of aliphatic hydroxyl groups is 1. The highest BCUT2D eigenvalue weighted by Gasteiger charge is 2.27. The van der Waals surface area contributed by atoms with E-state index in [9.17, 15) is 9.90 Å². The highest BCUT2D eigenvalue weighted by molar-refractivity contribution is 5.79. The number of hydrogen-bond donors (Lipinski definition) is 3. The van der Waals surface area contributed by atoms with Gasteiger partial charge in [-0.1, -0.05) is 36.3 Å². The van der Waals surface area contributed by atoms with E-state index in [1.165, 1.54) is 0 Å². The topological polar surface area (TPSA) is 61.4 Å². The van der Waals surface area contributed by atoms with E-state index in [2.05, 4.69) is 16.6 Å². The number of carbonyl (C=O) groups is 1. The van der Waals surface area contributed by atoms with Crippen molar-refractivity contribution in [3.05, 3.63) is 35.9 Å². The Kier molecular flexibility index (Phi) is 5.37. The van der Waals surface area contributed by atoms with Crippen LogP contribution in [0.4, 0.5) is 0 Å². The summed E-state index contributed by atoms with van der Waals surface area (Å²) in [4.78, 5) is 11.7. The third kappa shape index (κ3) is 3.88. The first kappa shape index (κ1) is 14.2. The van der Waals surface area contributed by atoms with Crippen LogP contribution in [-0.4, -0.2) is 30.7 Å². The smallest absolute Gasteiger partial charge is 0.234 e. The van der Waals surface area contributed by atoms with Crippen LogP contribution in [0.25, 0.3) is 0 Å². The van der Waals surface area contributed by atoms with Crippen molar-refractivity contribution in [2.45, 2.75) is 12.5 Å². The SMILES string of the molecule is C#CCNCC(=O)NC(C)(CO)c1ccccc1. The lowest BCUT2D eigenvalue weighted by atomic mass is 9.93. The molecule has 0 bridgehead atoms. The maximum absolute atomic E-state index is 11.7. The van der Waals surface area contributed by atoms with Gasteiger partial charge in [-0.05, 0) is 12.5 Å². The van der Waals surface area contributed by atoms with Crippen LogP contribution in [0, 0.1) is 12.3 Å². The Morgan fingerprint density at radius 1 is 1.44 bits per heavy atom. The van der Waals surface area contributed by atoms with Gasteiger partial charge in [0.2, 0.25) is 5.91 Å². The Labute approximate surface area is 107 Å². The average molecular weight is 246 g/mol. The number of rotatable bonds is 6. The van der Waals surface area contributed by atoms with Crippen LogP contribution in [-0.2, 0) is 10.3 Å². The van der Waals surface area contributed by atoms with Crippen molar-refractivity contribution in [3.8, 4) is 12.3 Å². The molecule has 0 heterocycles. The summed E-state index contributed by atoms with van der Waals surface area (Å²) in [6, 6.07) is 9.35. The summed E-state index contributed by atoms with van der Waals surface area (Å²) in [5.74, 6) is 2.19. The minimum absolute atomic E-state index is 0.132. The van der Waals surface area contributed by atoms with Gasteiger partial charge in [-0.15, -0.1) is 6.42 Å². The van der Waals surface area contributed by atoms with Gasteiger partial charge in [-0.25, -0.2) is 0 Å². The van der Waals surface area contributed by atoms with Crippen LogP contribution in [0.2, 0.25) is 0 Å². The minimum atomic E-state index is -0.782. The van der Waals surface area contributed by atoms with E-state index in [4.69, 9.17) is 6.42 Å². The van der Waals surface area contributed by atoms with Gasteiger partial charge >= 0.3 is 0 Å². The van der Waals surface area contributed by atoms with Crippen LogP contribution < -0.4 is 10.6 Å². The first-order valence-electron chi connectivity index (χ1n) is 5.74. The first-order chi connectivity index (χ1) is 8.62. The molecule has 96 valence electrons. The van der Waals surface area contributed by atoms with E-state index in [1.807, 2.05) is 30.3 Å². The summed E-state index contributed by atoms with van der Waals surface area (Å²) in [5, 5.41) is 15.1. The molecule has 0 spiro atoms. The Morgan fingerprint density at radius 2 is 2.11 bits per heavy atom. The fourth-order valence-electron chi connectivity index (χ4n) is 1.61. The standard InChI is InChI=1S/C14H18N2O2/c1-3-9-15-10-13(18)16-14(2,11-17)12-7-5-4-6-8-12/h1,4-8,15,17H,9-11H2,2H3,(H,16,18). The number of amides is 1. The van der Waals surface area contributed by atoms with Crippen molar-refractivity contribution in [1.29, 1.82) is 0 Å². The molecule has 3 N–H and O–H groups in total. The Hall–Kier alpha value is -1.83. The van der Waals surface area contributed by atoms with E-state index in [0.29, 0.717) is 6.54 Å². The lowest BCUT2D eigenvalue weighted by Gasteiger charge is -2.29. The van der Waals surface area contributed by atoms with Gasteiger partial charge < -0.3 is 10.4 Å². The lowest BCUT2D eigenvalue weighted by Crippen LogP contribution is -2.49. The predicted molar refractivity (Wildman–Crippen MR) is 70.7 cm³/mol. The first-order valence-corrected chi connectivity index (χ1v) is 5.74. The molecule has 4 heteroatoms. The maximum atomic E-state index is 11.7. The Morgan fingerprint density at radius 3 is 2.67 bits per heavy atom. The zero-order chi connectivity index (χ0) is 13.4. The Bertz CT molecular complexity index is 425. The van der Waals surface area contributed by atoms with Crippen LogP contribution >= 0.6 is 0 Å². The second kappa shape index (κ2) is 6.80. The molecule has 1 unspecified atom stereocenters. The van der Waals surface area contributed by atoms with Crippen molar-refractivity contribution in [2.75, 3.05) is 19.7 Å². The van der Waals surface area contributed by atoms with Gasteiger partial charge in [0.05, 0.1) is 25.2 Å². The zero-order valence-electron chi connectivity index (χ0n) is 10.4. The van der Waals surface area contributed by atoms with Gasteiger partial charge in [0.25, 0.3) is 0 Å². The summed E-state index contributed by atoms with van der Waals surface area (Å²) in [5.41, 5.74) is 0.0775. The average Bonchev–Trinajstić information content (AvgIpc) is 2.40. The minimum Gasteiger partial charge on any atom is -0.394 e. The number of nitrogens with one attached hydrogen (secondary N) is 2. The second-order valence-corrected chi connectivity index (χ2v) is 4.21. The molecule has 0 aliphatic heterocycles. The summed E-state index contributed by atoms with van der Waals surface area (Å²) >= 11 is 0. The molecule has 1 atom stereocenters. The normalized spacial score (nSPS) is 13.4. The predicted octanol–water partition coefficient (Wildman–Crippen LogP) is 0.233. The highest BCUT2D eigenvalue weighted by atomic mass is 16.3. The molecule has 0 fully saturated rings. The maximum Gasteiger partial charge on any atom is 0.234 e. The highest BCUT2D eigenvalue weighted by Crippen LogP contribution is 2.19. The van der Waals surface area contributed by atoms with Crippen LogP contribution in [0.1, 0.15) is 12.5 Å². The molecular weight excluding hydrogens is 228 g/mol. The lowest BCUT2D eigenvalue weighted by molar-refractivity contribution is -0.122. The Balaban J connectivity index is 2.66. The molecule has 1 aromatic rings. The number of benzene rings is 1. The van der Waals surface area contributed by atoms with Crippen molar-refractivity contribution in [2.24, 2.45) is 0 Å². The zero-order valence-corrected chi connectivity index (χ0v) is 10.4. The molecule has 0 saturated heterocycles. The van der Waals surface area contributed by atoms with Crippen LogP contribution in [0.5, 0.6) is 0 Å². The van der Waals surface area contributed by atoms with Crippen LogP contribution in [0.3, 0.4) is 0 Å². The van der Waals surface area contributed by atoms with E-state index < -0.39 is 5.54 Å². The van der Waals surface area contributed by atoms with Gasteiger partial charge in [0, 0.05) is 0 Å². The van der Waals surface area contributed by atoms with E-state index >= 15 is 0 Å². The van der Waals surface area contributed by atoms with Crippen molar-refractivity contribution >= 4 is 5.91 Å². The molecule has 1 rings (SSSR count). The van der Waals surface area contributed by atoms with Crippen molar-refractivity contribution in [3.63, 3.8) is 0 Å². The molecule has 0 saturated carbocycles. The molecule has 1 amide bonds. The summed E-state index contributed by atoms with van der Waals surface area (Å²) < 4.78 is 0. The molecular formula is C14H18N2O2.